The van der Waals surface area contributed by atoms with E-state index in [-0.39, 0.29) is 26.1 Å². The first-order valence-corrected chi connectivity index (χ1v) is 24.4. The first-order chi connectivity index (χ1) is 27.5. The maximum Gasteiger partial charge on any atom is 0.472 e. The van der Waals surface area contributed by atoms with Gasteiger partial charge in [-0.15, -0.1) is 0 Å². The van der Waals surface area contributed by atoms with Gasteiger partial charge in [0.1, 0.15) is 19.8 Å². The van der Waals surface area contributed by atoms with Crippen molar-refractivity contribution in [2.45, 2.75) is 193 Å². The smallest absolute Gasteiger partial charge is 0.462 e. The van der Waals surface area contributed by atoms with Gasteiger partial charge in [0, 0.05) is 12.8 Å². The van der Waals surface area contributed by atoms with Gasteiger partial charge in [-0.25, -0.2) is 4.57 Å². The number of allylic oxidation sites excluding steroid dienone is 8. The SMILES string of the molecule is CCC/C=C/C/C=C/C/C=C/C/C=C/CCCCCC(=O)OC[C@H](COP(=O)(O)OCC[N+](C)(C)C)OC(=O)CCCCCCCCCCCCCCCCCC. The number of nitrogens with zero attached hydrogens (tertiary/aromatic N) is 1. The average molecular weight is 825 g/mol. The molecule has 0 radical (unpaired) electrons. The molecule has 0 amide bonds. The van der Waals surface area contributed by atoms with Gasteiger partial charge in [0.15, 0.2) is 6.10 Å². The van der Waals surface area contributed by atoms with E-state index in [1.165, 1.54) is 89.9 Å². The summed E-state index contributed by atoms with van der Waals surface area (Å²) < 4.78 is 34.3. The fraction of sp³-hybridized carbons (Fsp3) is 0.787. The number of likely N-dealkylation sites (N-methyl/N-ethyl adjacent to an activating group) is 1. The maximum atomic E-state index is 12.7. The van der Waals surface area contributed by atoms with Crippen LogP contribution in [-0.2, 0) is 32.7 Å². The van der Waals surface area contributed by atoms with Crippen molar-refractivity contribution in [3.63, 3.8) is 0 Å². The molecule has 0 aromatic rings. The van der Waals surface area contributed by atoms with Crippen LogP contribution < -0.4 is 0 Å². The Balaban J connectivity index is 4.39. The molecule has 0 rings (SSSR count). The van der Waals surface area contributed by atoms with E-state index in [1.54, 1.807) is 0 Å². The van der Waals surface area contributed by atoms with Crippen molar-refractivity contribution in [3.8, 4) is 0 Å². The number of phosphoric ester groups is 1. The summed E-state index contributed by atoms with van der Waals surface area (Å²) >= 11 is 0. The first-order valence-electron chi connectivity index (χ1n) is 22.9. The summed E-state index contributed by atoms with van der Waals surface area (Å²) in [5.41, 5.74) is 0. The van der Waals surface area contributed by atoms with Crippen molar-refractivity contribution in [2.75, 3.05) is 47.5 Å². The van der Waals surface area contributed by atoms with E-state index < -0.39 is 32.5 Å². The number of unbranched alkanes of at least 4 members (excludes halogenated alkanes) is 19. The van der Waals surface area contributed by atoms with Crippen LogP contribution in [0, 0.1) is 0 Å². The number of rotatable bonds is 41. The molecule has 0 saturated carbocycles. The van der Waals surface area contributed by atoms with Crippen LogP contribution in [0.25, 0.3) is 0 Å². The Hall–Kier alpha value is -2.03. The number of esters is 2. The minimum absolute atomic E-state index is 0.0261. The van der Waals surface area contributed by atoms with E-state index in [0.29, 0.717) is 23.9 Å². The molecule has 0 aliphatic rings. The van der Waals surface area contributed by atoms with Crippen molar-refractivity contribution in [1.29, 1.82) is 0 Å². The Bertz CT molecular complexity index is 1110. The van der Waals surface area contributed by atoms with Gasteiger partial charge < -0.3 is 18.9 Å². The quantitative estimate of drug-likeness (QED) is 0.0213. The molecule has 0 heterocycles. The zero-order valence-electron chi connectivity index (χ0n) is 37.3. The number of ether oxygens (including phenoxy) is 2. The fourth-order valence-electron chi connectivity index (χ4n) is 6.00. The first kappa shape index (κ1) is 55.0. The van der Waals surface area contributed by atoms with Gasteiger partial charge in [-0.1, -0.05) is 172 Å². The highest BCUT2D eigenvalue weighted by Crippen LogP contribution is 2.43. The second-order valence-electron chi connectivity index (χ2n) is 16.4. The molecule has 0 aromatic heterocycles. The van der Waals surface area contributed by atoms with Gasteiger partial charge >= 0.3 is 19.8 Å². The minimum atomic E-state index is -4.38. The fourth-order valence-corrected chi connectivity index (χ4v) is 6.75. The molecule has 10 heteroatoms. The van der Waals surface area contributed by atoms with Crippen molar-refractivity contribution >= 4 is 19.8 Å². The highest BCUT2D eigenvalue weighted by Gasteiger charge is 2.27. The Morgan fingerprint density at radius 2 is 0.982 bits per heavy atom. The number of carbonyl (C=O) groups is 2. The predicted octanol–water partition coefficient (Wildman–Crippen LogP) is 13.1. The van der Waals surface area contributed by atoms with E-state index in [4.69, 9.17) is 18.5 Å². The van der Waals surface area contributed by atoms with E-state index >= 15 is 0 Å². The van der Waals surface area contributed by atoms with E-state index in [1.807, 2.05) is 21.1 Å². The molecular weight excluding hydrogens is 737 g/mol. The number of phosphoric acid groups is 1. The lowest BCUT2D eigenvalue weighted by molar-refractivity contribution is -0.870. The summed E-state index contributed by atoms with van der Waals surface area (Å²) in [6.07, 6.45) is 45.8. The molecule has 0 saturated heterocycles. The van der Waals surface area contributed by atoms with Crippen molar-refractivity contribution in [2.24, 2.45) is 0 Å². The molecule has 0 aliphatic carbocycles. The van der Waals surface area contributed by atoms with Gasteiger partial charge in [0.05, 0.1) is 27.7 Å². The van der Waals surface area contributed by atoms with Gasteiger partial charge in [-0.3, -0.25) is 18.6 Å². The molecule has 332 valence electrons. The van der Waals surface area contributed by atoms with Gasteiger partial charge in [-0.2, -0.15) is 0 Å². The predicted molar refractivity (Wildman–Crippen MR) is 238 cm³/mol. The lowest BCUT2D eigenvalue weighted by Gasteiger charge is -2.24. The molecule has 0 aliphatic heterocycles. The third-order valence-electron chi connectivity index (χ3n) is 9.59. The number of hydrogen-bond donors (Lipinski definition) is 1. The summed E-state index contributed by atoms with van der Waals surface area (Å²) in [6.45, 7) is 4.33. The minimum Gasteiger partial charge on any atom is -0.462 e. The Kier molecular flexibility index (Phi) is 38.0. The molecule has 1 N–H and O–H groups in total. The third kappa shape index (κ3) is 43.4. The van der Waals surface area contributed by atoms with E-state index in [9.17, 15) is 19.0 Å². The van der Waals surface area contributed by atoms with Crippen LogP contribution in [0.3, 0.4) is 0 Å². The van der Waals surface area contributed by atoms with Crippen molar-refractivity contribution in [1.82, 2.24) is 0 Å². The van der Waals surface area contributed by atoms with Crippen LogP contribution in [0.4, 0.5) is 0 Å². The standard InChI is InChI=1S/C47H86NO8P/c1-6-8-10-12-14-16-18-20-22-24-26-27-29-31-33-35-37-39-46(49)53-43-45(44-55-57(51,52)54-42-41-48(3,4)5)56-47(50)40-38-36-34-32-30-28-25-23-21-19-17-15-13-11-9-7-2/h10,12,16,18,22,24,27,29,45H,6-9,11,13-15,17,19-21,23,25-26,28,30-44H2,1-5H3/p+1/b12-10+,18-16+,24-22+,29-27+/t45-/m1/s1. The van der Waals surface area contributed by atoms with Gasteiger partial charge in [0.2, 0.25) is 0 Å². The van der Waals surface area contributed by atoms with E-state index in [0.717, 1.165) is 57.8 Å². The number of carbonyl (C=O) groups excluding carboxylic acids is 2. The zero-order valence-corrected chi connectivity index (χ0v) is 38.2. The summed E-state index contributed by atoms with van der Waals surface area (Å²) in [6, 6.07) is 0. The lowest BCUT2D eigenvalue weighted by Crippen LogP contribution is -2.37. The number of hydrogen-bond acceptors (Lipinski definition) is 7. The van der Waals surface area contributed by atoms with Crippen LogP contribution in [0.2, 0.25) is 0 Å². The normalized spacial score (nSPS) is 14.0. The molecule has 2 atom stereocenters. The molecule has 0 bridgehead atoms. The summed E-state index contributed by atoms with van der Waals surface area (Å²) in [7, 11) is 1.46. The highest BCUT2D eigenvalue weighted by atomic mass is 31.2. The number of quaternary nitrogens is 1. The van der Waals surface area contributed by atoms with Crippen molar-refractivity contribution < 1.29 is 42.1 Å². The van der Waals surface area contributed by atoms with E-state index in [2.05, 4.69) is 62.5 Å². The summed E-state index contributed by atoms with van der Waals surface area (Å²) in [5.74, 6) is -0.832. The van der Waals surface area contributed by atoms with Crippen molar-refractivity contribution in [3.05, 3.63) is 48.6 Å². The maximum absolute atomic E-state index is 12.7. The largest absolute Gasteiger partial charge is 0.472 e. The highest BCUT2D eigenvalue weighted by molar-refractivity contribution is 7.47. The monoisotopic (exact) mass is 825 g/mol. The topological polar surface area (TPSA) is 108 Å². The molecular formula is C47H87NO8P+. The van der Waals surface area contributed by atoms with Crippen LogP contribution in [-0.4, -0.2) is 74.9 Å². The Morgan fingerprint density at radius 1 is 0.544 bits per heavy atom. The summed E-state index contributed by atoms with van der Waals surface area (Å²) in [5, 5.41) is 0. The second kappa shape index (κ2) is 39.4. The molecule has 57 heavy (non-hydrogen) atoms. The van der Waals surface area contributed by atoms with Crippen LogP contribution in [0.1, 0.15) is 187 Å². The van der Waals surface area contributed by atoms with Crippen LogP contribution >= 0.6 is 7.82 Å². The molecule has 0 spiro atoms. The van der Waals surface area contributed by atoms with Gasteiger partial charge in [0.25, 0.3) is 0 Å². The molecule has 0 aromatic carbocycles. The van der Waals surface area contributed by atoms with Gasteiger partial charge in [-0.05, 0) is 51.4 Å². The average Bonchev–Trinajstić information content (AvgIpc) is 3.16. The second-order valence-corrected chi connectivity index (χ2v) is 17.9. The molecule has 1 unspecified atom stereocenters. The third-order valence-corrected chi connectivity index (χ3v) is 10.6. The zero-order chi connectivity index (χ0) is 42.1. The Morgan fingerprint density at radius 3 is 1.47 bits per heavy atom. The molecule has 9 nitrogen and oxygen atoms in total. The Labute approximate surface area is 350 Å². The van der Waals surface area contributed by atoms with Crippen LogP contribution in [0.5, 0.6) is 0 Å². The van der Waals surface area contributed by atoms with Crippen LogP contribution in [0.15, 0.2) is 48.6 Å². The lowest BCUT2D eigenvalue weighted by atomic mass is 10.0. The molecule has 0 fully saturated rings. The summed E-state index contributed by atoms with van der Waals surface area (Å²) in [4.78, 5) is 35.4.